The van der Waals surface area contributed by atoms with Crippen molar-refractivity contribution in [3.8, 4) is 0 Å². The smallest absolute Gasteiger partial charge is 0.255 e. The number of rotatable bonds is 3. The van der Waals surface area contributed by atoms with Crippen molar-refractivity contribution >= 4 is 0 Å². The monoisotopic (exact) mass is 220 g/mol. The van der Waals surface area contributed by atoms with Crippen LogP contribution in [0.15, 0.2) is 0 Å². The molecule has 1 aromatic heterocycles. The van der Waals surface area contributed by atoms with Gasteiger partial charge in [0, 0.05) is 12.5 Å². The van der Waals surface area contributed by atoms with E-state index in [1.807, 2.05) is 0 Å². The molecule has 0 radical (unpaired) electrons. The molecule has 1 rings (SSSR count). The molecule has 3 nitrogen and oxygen atoms in total. The predicted octanol–water partition coefficient (Wildman–Crippen LogP) is 1.82. The largest absolute Gasteiger partial charge is 0.384 e. The third-order valence-corrected chi connectivity index (χ3v) is 1.88. The van der Waals surface area contributed by atoms with Crippen LogP contribution in [0.4, 0.5) is 13.2 Å². The van der Waals surface area contributed by atoms with Crippen LogP contribution in [0.5, 0.6) is 0 Å². The molecule has 0 spiro atoms. The summed E-state index contributed by atoms with van der Waals surface area (Å²) in [6, 6.07) is 0. The Balaban J connectivity index is 3.16. The van der Waals surface area contributed by atoms with Crippen LogP contribution in [0.25, 0.3) is 0 Å². The van der Waals surface area contributed by atoms with E-state index in [1.165, 1.54) is 7.11 Å². The number of hydrogen-bond acceptors (Lipinski definition) is 3. The van der Waals surface area contributed by atoms with Crippen LogP contribution in [-0.4, -0.2) is 23.7 Å². The van der Waals surface area contributed by atoms with Crippen LogP contribution >= 0.6 is 0 Å². The van der Waals surface area contributed by atoms with E-state index in [4.69, 9.17) is 4.74 Å². The summed E-state index contributed by atoms with van der Waals surface area (Å²) in [4.78, 5) is 6.50. The minimum atomic E-state index is -1.66. The average Bonchev–Trinajstić information content (AvgIpc) is 2.13. The summed E-state index contributed by atoms with van der Waals surface area (Å²) in [6.45, 7) is 3.46. The second kappa shape index (κ2) is 4.14. The van der Waals surface area contributed by atoms with Gasteiger partial charge >= 0.3 is 0 Å². The van der Waals surface area contributed by atoms with Crippen LogP contribution < -0.4 is 0 Å². The fourth-order valence-electron chi connectivity index (χ4n) is 1.12. The highest BCUT2D eigenvalue weighted by atomic mass is 19.2. The Bertz CT molecular complexity index is 345. The number of nitrogens with zero attached hydrogens (tertiary/aromatic N) is 2. The molecule has 6 heteroatoms. The maximum atomic E-state index is 12.8. The van der Waals surface area contributed by atoms with Crippen molar-refractivity contribution < 1.29 is 17.9 Å². The summed E-state index contributed by atoms with van der Waals surface area (Å²) in [7, 11) is 1.44. The molecular formula is C9H11F3N2O. The third-order valence-electron chi connectivity index (χ3n) is 1.88. The Labute approximate surface area is 85.3 Å². The van der Waals surface area contributed by atoms with E-state index < -0.39 is 23.1 Å². The molecule has 0 bridgehead atoms. The third kappa shape index (κ3) is 2.44. The predicted molar refractivity (Wildman–Crippen MR) is 46.8 cm³/mol. The van der Waals surface area contributed by atoms with Gasteiger partial charge in [-0.05, 0) is 0 Å². The Morgan fingerprint density at radius 1 is 1.13 bits per heavy atom. The lowest BCUT2D eigenvalue weighted by molar-refractivity contribution is 0.140. The van der Waals surface area contributed by atoms with E-state index in [0.29, 0.717) is 0 Å². The Morgan fingerprint density at radius 3 is 2.00 bits per heavy atom. The van der Waals surface area contributed by atoms with Crippen molar-refractivity contribution in [3.63, 3.8) is 0 Å². The minimum absolute atomic E-state index is 0.124. The highest BCUT2D eigenvalue weighted by Crippen LogP contribution is 2.21. The number of hydrogen-bond donors (Lipinski definition) is 0. The lowest BCUT2D eigenvalue weighted by Gasteiger charge is -2.21. The molecule has 84 valence electrons. The highest BCUT2D eigenvalue weighted by Gasteiger charge is 2.27. The maximum Gasteiger partial charge on any atom is 0.255 e. The minimum Gasteiger partial charge on any atom is -0.384 e. The van der Waals surface area contributed by atoms with E-state index in [9.17, 15) is 13.2 Å². The van der Waals surface area contributed by atoms with E-state index in [1.54, 1.807) is 13.8 Å². The Hall–Kier alpha value is -1.17. The van der Waals surface area contributed by atoms with Crippen molar-refractivity contribution in [1.82, 2.24) is 9.97 Å². The first-order valence-electron chi connectivity index (χ1n) is 4.26. The van der Waals surface area contributed by atoms with Crippen molar-refractivity contribution in [3.05, 3.63) is 23.5 Å². The van der Waals surface area contributed by atoms with Gasteiger partial charge in [0.15, 0.2) is 0 Å². The zero-order chi connectivity index (χ0) is 11.6. The van der Waals surface area contributed by atoms with E-state index >= 15 is 0 Å². The molecule has 0 N–H and O–H groups in total. The van der Waals surface area contributed by atoms with Gasteiger partial charge in [-0.25, -0.2) is 9.97 Å². The SMILES string of the molecule is COCC(C)(C)c1nc(F)c(F)c(F)n1. The first-order valence-corrected chi connectivity index (χ1v) is 4.26. The Morgan fingerprint density at radius 2 is 1.60 bits per heavy atom. The molecule has 0 unspecified atom stereocenters. The van der Waals surface area contributed by atoms with Crippen LogP contribution in [0, 0.1) is 17.7 Å². The lowest BCUT2D eigenvalue weighted by atomic mass is 9.94. The molecule has 0 aliphatic carbocycles. The molecule has 1 aromatic rings. The first-order chi connectivity index (χ1) is 6.88. The standard InChI is InChI=1S/C9H11F3N2O/c1-9(2,4-15-3)8-13-6(11)5(10)7(12)14-8/h4H2,1-3H3. The van der Waals surface area contributed by atoms with E-state index in [0.717, 1.165) is 0 Å². The van der Waals surface area contributed by atoms with Crippen LogP contribution in [0.2, 0.25) is 0 Å². The van der Waals surface area contributed by atoms with Crippen LogP contribution in [-0.2, 0) is 10.2 Å². The van der Waals surface area contributed by atoms with Gasteiger partial charge in [0.1, 0.15) is 5.82 Å². The van der Waals surface area contributed by atoms with Gasteiger partial charge in [-0.15, -0.1) is 0 Å². The second-order valence-electron chi connectivity index (χ2n) is 3.76. The molecule has 0 atom stereocenters. The molecule has 0 aliphatic heterocycles. The molecule has 0 amide bonds. The molecule has 15 heavy (non-hydrogen) atoms. The van der Waals surface area contributed by atoms with Gasteiger partial charge in [-0.2, -0.15) is 13.2 Å². The van der Waals surface area contributed by atoms with Crippen molar-refractivity contribution in [2.45, 2.75) is 19.3 Å². The zero-order valence-electron chi connectivity index (χ0n) is 8.64. The summed E-state index contributed by atoms with van der Waals surface area (Å²) in [5.74, 6) is -4.75. The highest BCUT2D eigenvalue weighted by molar-refractivity contribution is 5.06. The first kappa shape index (κ1) is 11.9. The number of halogens is 3. The average molecular weight is 220 g/mol. The summed E-state index contributed by atoms with van der Waals surface area (Å²) in [5, 5.41) is 0. The lowest BCUT2D eigenvalue weighted by Crippen LogP contribution is -2.28. The topological polar surface area (TPSA) is 35.0 Å². The number of aromatic nitrogens is 2. The number of ether oxygens (including phenoxy) is 1. The van der Waals surface area contributed by atoms with E-state index in [2.05, 4.69) is 9.97 Å². The van der Waals surface area contributed by atoms with Gasteiger partial charge < -0.3 is 4.74 Å². The fourth-order valence-corrected chi connectivity index (χ4v) is 1.12. The van der Waals surface area contributed by atoms with Crippen molar-refractivity contribution in [2.75, 3.05) is 13.7 Å². The molecule has 0 saturated heterocycles. The Kier molecular flexibility index (Phi) is 3.28. The van der Waals surface area contributed by atoms with Crippen molar-refractivity contribution in [1.29, 1.82) is 0 Å². The summed E-state index contributed by atoms with van der Waals surface area (Å²) in [5.41, 5.74) is -0.774. The maximum absolute atomic E-state index is 12.8. The molecule has 0 aliphatic rings. The van der Waals surface area contributed by atoms with Gasteiger partial charge in [-0.1, -0.05) is 13.8 Å². The zero-order valence-corrected chi connectivity index (χ0v) is 8.64. The fraction of sp³-hybridized carbons (Fsp3) is 0.556. The van der Waals surface area contributed by atoms with E-state index in [-0.39, 0.29) is 12.4 Å². The summed E-state index contributed by atoms with van der Waals surface area (Å²) < 4.78 is 43.0. The van der Waals surface area contributed by atoms with Crippen LogP contribution in [0.3, 0.4) is 0 Å². The van der Waals surface area contributed by atoms with Gasteiger partial charge in [0.05, 0.1) is 6.61 Å². The molecule has 0 aromatic carbocycles. The van der Waals surface area contributed by atoms with Gasteiger partial charge in [0.2, 0.25) is 5.82 Å². The van der Waals surface area contributed by atoms with Crippen molar-refractivity contribution in [2.24, 2.45) is 0 Å². The normalized spacial score (nSPS) is 11.9. The number of methoxy groups -OCH3 is 1. The quantitative estimate of drug-likeness (QED) is 0.729. The molecule has 0 saturated carbocycles. The van der Waals surface area contributed by atoms with Crippen LogP contribution in [0.1, 0.15) is 19.7 Å². The summed E-state index contributed by atoms with van der Waals surface area (Å²) in [6.07, 6.45) is 0. The molecule has 0 fully saturated rings. The molecule has 1 heterocycles. The summed E-state index contributed by atoms with van der Waals surface area (Å²) >= 11 is 0. The van der Waals surface area contributed by atoms with Gasteiger partial charge in [0.25, 0.3) is 11.9 Å². The molecular weight excluding hydrogens is 209 g/mol. The second-order valence-corrected chi connectivity index (χ2v) is 3.76. The van der Waals surface area contributed by atoms with Gasteiger partial charge in [-0.3, -0.25) is 0 Å².